The normalized spacial score (nSPS) is 12.7. The van der Waals surface area contributed by atoms with E-state index in [1.165, 1.54) is 0 Å². The van der Waals surface area contributed by atoms with E-state index in [-0.39, 0.29) is 11.4 Å². The molecule has 0 aromatic heterocycles. The zero-order chi connectivity index (χ0) is 31.5. The van der Waals surface area contributed by atoms with Crippen molar-refractivity contribution < 1.29 is 58.8 Å². The summed E-state index contributed by atoms with van der Waals surface area (Å²) in [5.41, 5.74) is -2.36. The van der Waals surface area contributed by atoms with Gasteiger partial charge in [0.1, 0.15) is 33.5 Å². The van der Waals surface area contributed by atoms with Crippen molar-refractivity contribution in [3.8, 4) is 17.2 Å². The molecule has 0 fully saturated rings. The fraction of sp³-hybridized carbons (Fsp3) is 0.100. The van der Waals surface area contributed by atoms with Crippen molar-refractivity contribution in [3.63, 3.8) is 0 Å². The van der Waals surface area contributed by atoms with Gasteiger partial charge in [0.05, 0.1) is 28.2 Å². The van der Waals surface area contributed by atoms with E-state index in [1.54, 1.807) is 0 Å². The summed E-state index contributed by atoms with van der Waals surface area (Å²) in [6.45, 7) is -1.01. The number of phenolic OH excluding ortho intramolecular Hbond substituents is 3. The molecule has 0 spiro atoms. The Morgan fingerprint density at radius 1 is 0.762 bits per heavy atom. The first-order chi connectivity index (χ1) is 19.4. The van der Waals surface area contributed by atoms with Crippen molar-refractivity contribution in [1.29, 1.82) is 0 Å². The number of hydrogen-bond donors (Lipinski definition) is 5. The first-order valence-electron chi connectivity index (χ1n) is 10.7. The molecule has 0 aliphatic carbocycles. The van der Waals surface area contributed by atoms with E-state index in [9.17, 15) is 55.2 Å². The Morgan fingerprint density at radius 2 is 1.36 bits per heavy atom. The minimum absolute atomic E-state index is 0.228. The quantitative estimate of drug-likeness (QED) is 0.0862. The summed E-state index contributed by atoms with van der Waals surface area (Å²) in [5.74, 6) is -3.17. The maximum absolute atomic E-state index is 12.4. The number of rotatable bonds is 11. The average Bonchev–Trinajstić information content (AvgIpc) is 2.87. The van der Waals surface area contributed by atoms with E-state index in [0.29, 0.717) is 6.07 Å². The van der Waals surface area contributed by atoms with Gasteiger partial charge in [0, 0.05) is 6.07 Å². The minimum atomic E-state index is -5.15. The predicted molar refractivity (Wildman–Crippen MR) is 139 cm³/mol. The second kappa shape index (κ2) is 12.1. The number of nitro groups is 1. The van der Waals surface area contributed by atoms with Gasteiger partial charge >= 0.3 is 10.4 Å². The van der Waals surface area contributed by atoms with E-state index in [0.717, 1.165) is 42.5 Å². The van der Waals surface area contributed by atoms with Gasteiger partial charge in [0.25, 0.3) is 15.8 Å². The molecule has 0 saturated heterocycles. The Balaban J connectivity index is 1.96. The number of sulfone groups is 1. The van der Waals surface area contributed by atoms with Gasteiger partial charge in [0.15, 0.2) is 21.3 Å². The molecule has 3 aromatic carbocycles. The van der Waals surface area contributed by atoms with E-state index < -0.39 is 91.7 Å². The topological polar surface area (TPSA) is 305 Å². The maximum Gasteiger partial charge on any atom is 0.397 e. The largest absolute Gasteiger partial charge is 0.505 e. The molecule has 0 aliphatic rings. The SMILES string of the molecule is O=[N+]([O-])c1ccc(/N=N/c2ccc(O)c(/N=N/c3ccc(S(=O)(=O)CCOS(=O)(=O)O)cc3S(=O)(=O)O)c2O)c(O)c1. The number of aromatic hydroxyl groups is 3. The third-order valence-corrected chi connectivity index (χ3v) is 7.98. The van der Waals surface area contributed by atoms with Crippen LogP contribution in [0.4, 0.5) is 28.4 Å². The summed E-state index contributed by atoms with van der Waals surface area (Å²) in [6, 6.07) is 7.04. The zero-order valence-corrected chi connectivity index (χ0v) is 22.9. The van der Waals surface area contributed by atoms with Crippen LogP contribution in [0.5, 0.6) is 17.2 Å². The number of nitrogens with zero attached hydrogens (tertiary/aromatic N) is 5. The molecular weight excluding hydrogens is 630 g/mol. The number of hydrogen-bond acceptors (Lipinski definition) is 16. The first-order valence-corrected chi connectivity index (χ1v) is 15.2. The van der Waals surface area contributed by atoms with Gasteiger partial charge in [-0.1, -0.05) is 0 Å². The molecule has 224 valence electrons. The number of phenols is 3. The van der Waals surface area contributed by atoms with Crippen LogP contribution in [0.15, 0.2) is 78.8 Å². The molecule has 0 heterocycles. The number of non-ortho nitro benzene ring substituents is 1. The lowest BCUT2D eigenvalue weighted by Crippen LogP contribution is -2.16. The maximum atomic E-state index is 12.4. The molecule has 0 aliphatic heterocycles. The van der Waals surface area contributed by atoms with Crippen LogP contribution in [0.2, 0.25) is 0 Å². The molecule has 22 heteroatoms. The highest BCUT2D eigenvalue weighted by Crippen LogP contribution is 2.45. The molecule has 19 nitrogen and oxygen atoms in total. The fourth-order valence-corrected chi connectivity index (χ4v) is 5.24. The van der Waals surface area contributed by atoms with E-state index in [1.807, 2.05) is 0 Å². The predicted octanol–water partition coefficient (Wildman–Crippen LogP) is 3.38. The van der Waals surface area contributed by atoms with Crippen molar-refractivity contribution in [3.05, 3.63) is 58.6 Å². The Labute approximate surface area is 235 Å². The summed E-state index contributed by atoms with van der Waals surface area (Å²) in [6.07, 6.45) is 0. The second-order valence-corrected chi connectivity index (χ2v) is 12.4. The summed E-state index contributed by atoms with van der Waals surface area (Å²) in [7, 11) is -14.5. The van der Waals surface area contributed by atoms with Crippen LogP contribution in [0.1, 0.15) is 0 Å². The molecule has 0 bridgehead atoms. The van der Waals surface area contributed by atoms with Crippen LogP contribution >= 0.6 is 0 Å². The first kappa shape index (κ1) is 31.9. The molecule has 0 radical (unpaired) electrons. The molecule has 0 atom stereocenters. The lowest BCUT2D eigenvalue weighted by molar-refractivity contribution is -0.384. The van der Waals surface area contributed by atoms with E-state index in [4.69, 9.17) is 4.55 Å². The fourth-order valence-electron chi connectivity index (χ4n) is 3.00. The Bertz CT molecular complexity index is 1940. The Hall–Kier alpha value is -4.61. The van der Waals surface area contributed by atoms with Crippen molar-refractivity contribution in [2.24, 2.45) is 20.5 Å². The van der Waals surface area contributed by atoms with E-state index >= 15 is 0 Å². The molecule has 0 unspecified atom stereocenters. The molecule has 3 aromatic rings. The molecular formula is C20H17N5O14S3. The third-order valence-electron chi connectivity index (χ3n) is 4.95. The lowest BCUT2D eigenvalue weighted by atomic mass is 10.2. The number of azo groups is 2. The van der Waals surface area contributed by atoms with E-state index in [2.05, 4.69) is 24.6 Å². The number of benzene rings is 3. The van der Waals surface area contributed by atoms with Crippen LogP contribution in [-0.2, 0) is 34.5 Å². The van der Waals surface area contributed by atoms with Gasteiger partial charge in [-0.05, 0) is 36.4 Å². The van der Waals surface area contributed by atoms with Crippen LogP contribution in [0.3, 0.4) is 0 Å². The second-order valence-electron chi connectivity index (χ2n) is 7.80. The standard InChI is InChI=1S/C20H17N5O14S3/c26-16-6-5-15(23-21-13-3-1-11(25(29)30)9-17(13)27)20(28)19(16)24-22-14-4-2-12(10-18(14)41(33,34)35)40(31,32)8-7-39-42(36,37)38/h1-6,9-10,26-28H,7-8H2,(H,33,34,35)(H,36,37,38)/b23-21+,24-22+. The van der Waals surface area contributed by atoms with Gasteiger partial charge in [-0.25, -0.2) is 12.6 Å². The monoisotopic (exact) mass is 647 g/mol. The molecule has 42 heavy (non-hydrogen) atoms. The van der Waals surface area contributed by atoms with Gasteiger partial charge in [-0.3, -0.25) is 19.2 Å². The van der Waals surface area contributed by atoms with Crippen LogP contribution in [-0.4, -0.2) is 67.0 Å². The third kappa shape index (κ3) is 7.99. The van der Waals surface area contributed by atoms with Gasteiger partial charge in [0.2, 0.25) is 0 Å². The van der Waals surface area contributed by atoms with Crippen LogP contribution in [0, 0.1) is 10.1 Å². The average molecular weight is 648 g/mol. The Morgan fingerprint density at radius 3 is 1.95 bits per heavy atom. The molecule has 0 amide bonds. The number of nitro benzene ring substituents is 1. The van der Waals surface area contributed by atoms with Gasteiger partial charge < -0.3 is 15.3 Å². The van der Waals surface area contributed by atoms with Crippen LogP contribution < -0.4 is 0 Å². The highest BCUT2D eigenvalue weighted by molar-refractivity contribution is 7.91. The zero-order valence-electron chi connectivity index (χ0n) is 20.4. The van der Waals surface area contributed by atoms with Gasteiger partial charge in [-0.2, -0.15) is 16.8 Å². The van der Waals surface area contributed by atoms with Gasteiger partial charge in [-0.15, -0.1) is 20.5 Å². The molecule has 5 N–H and O–H groups in total. The highest BCUT2D eigenvalue weighted by Gasteiger charge is 2.23. The van der Waals surface area contributed by atoms with Crippen LogP contribution in [0.25, 0.3) is 0 Å². The van der Waals surface area contributed by atoms with Crippen molar-refractivity contribution in [2.75, 3.05) is 12.4 Å². The van der Waals surface area contributed by atoms with Crippen molar-refractivity contribution in [1.82, 2.24) is 0 Å². The van der Waals surface area contributed by atoms with Crippen molar-refractivity contribution in [2.45, 2.75) is 9.79 Å². The highest BCUT2D eigenvalue weighted by atomic mass is 32.3. The molecule has 3 rings (SSSR count). The summed E-state index contributed by atoms with van der Waals surface area (Å²) in [5, 5.41) is 55.7. The molecule has 0 saturated carbocycles. The minimum Gasteiger partial charge on any atom is -0.505 e. The van der Waals surface area contributed by atoms with Crippen molar-refractivity contribution >= 4 is 58.8 Å². The smallest absolute Gasteiger partial charge is 0.397 e. The summed E-state index contributed by atoms with van der Waals surface area (Å²) in [4.78, 5) is 8.24. The summed E-state index contributed by atoms with van der Waals surface area (Å²) >= 11 is 0. The lowest BCUT2D eigenvalue weighted by Gasteiger charge is -2.08. The Kier molecular flexibility index (Phi) is 9.19. The summed E-state index contributed by atoms with van der Waals surface area (Å²) < 4.78 is 92.0.